The number of carbonyl (C=O) groups excluding carboxylic acids is 1. The lowest BCUT2D eigenvalue weighted by atomic mass is 10.1. The lowest BCUT2D eigenvalue weighted by molar-refractivity contribution is -0.142. The van der Waals surface area contributed by atoms with Gasteiger partial charge in [-0.3, -0.25) is 0 Å². The van der Waals surface area contributed by atoms with Gasteiger partial charge in [-0.2, -0.15) is 0 Å². The van der Waals surface area contributed by atoms with Crippen molar-refractivity contribution < 1.29 is 14.3 Å². The van der Waals surface area contributed by atoms with Crippen molar-refractivity contribution >= 4 is 11.7 Å². The van der Waals surface area contributed by atoms with E-state index in [1.807, 2.05) is 31.2 Å². The molecule has 0 saturated heterocycles. The fourth-order valence-electron chi connectivity index (χ4n) is 1.95. The van der Waals surface area contributed by atoms with Gasteiger partial charge in [0.25, 0.3) is 0 Å². The van der Waals surface area contributed by atoms with Crippen molar-refractivity contribution in [2.45, 2.75) is 25.8 Å². The summed E-state index contributed by atoms with van der Waals surface area (Å²) in [6.07, 6.45) is 2.16. The molecule has 0 heterocycles. The highest BCUT2D eigenvalue weighted by Gasteiger charge is 2.36. The summed E-state index contributed by atoms with van der Waals surface area (Å²) in [7, 11) is 1.43. The van der Waals surface area contributed by atoms with Gasteiger partial charge in [0.05, 0.1) is 13.7 Å². The molecule has 4 heteroatoms. The minimum Gasteiger partial charge on any atom is -0.494 e. The van der Waals surface area contributed by atoms with Gasteiger partial charge in [0.15, 0.2) is 0 Å². The van der Waals surface area contributed by atoms with E-state index in [9.17, 15) is 4.79 Å². The standard InChI is InChI=1S/C14H19NO3/c1-3-18-12-6-4-5-11(9-12)15-13(10-7-8-10)14(16)17-2/h4-6,9-10,13,15H,3,7-8H2,1-2H3. The van der Waals surface area contributed by atoms with Crippen LogP contribution in [0.4, 0.5) is 5.69 Å². The molecule has 1 aromatic carbocycles. The Labute approximate surface area is 107 Å². The maximum Gasteiger partial charge on any atom is 0.328 e. The third-order valence-electron chi connectivity index (χ3n) is 3.02. The van der Waals surface area contributed by atoms with Crippen molar-refractivity contribution in [2.24, 2.45) is 5.92 Å². The molecule has 1 aliphatic carbocycles. The minimum atomic E-state index is -0.244. The van der Waals surface area contributed by atoms with Crippen molar-refractivity contribution in [1.29, 1.82) is 0 Å². The normalized spacial score (nSPS) is 15.9. The van der Waals surface area contributed by atoms with Gasteiger partial charge < -0.3 is 14.8 Å². The minimum absolute atomic E-state index is 0.195. The van der Waals surface area contributed by atoms with Crippen LogP contribution in [-0.2, 0) is 9.53 Å². The Bertz CT molecular complexity index is 415. The van der Waals surface area contributed by atoms with Crippen molar-refractivity contribution in [2.75, 3.05) is 19.0 Å². The average Bonchev–Trinajstić information content (AvgIpc) is 3.20. The summed E-state index contributed by atoms with van der Waals surface area (Å²) >= 11 is 0. The first kappa shape index (κ1) is 12.7. The molecule has 1 saturated carbocycles. The van der Waals surface area contributed by atoms with Crippen molar-refractivity contribution in [3.8, 4) is 5.75 Å². The zero-order chi connectivity index (χ0) is 13.0. The summed E-state index contributed by atoms with van der Waals surface area (Å²) in [4.78, 5) is 11.7. The summed E-state index contributed by atoms with van der Waals surface area (Å²) in [5, 5.41) is 3.24. The number of nitrogens with one attached hydrogen (secondary N) is 1. The predicted octanol–water partition coefficient (Wildman–Crippen LogP) is 2.45. The van der Waals surface area contributed by atoms with Crippen LogP contribution in [0, 0.1) is 5.92 Å². The number of anilines is 1. The Hall–Kier alpha value is -1.71. The van der Waals surface area contributed by atoms with Crippen LogP contribution < -0.4 is 10.1 Å². The maximum absolute atomic E-state index is 11.7. The van der Waals surface area contributed by atoms with E-state index in [-0.39, 0.29) is 12.0 Å². The molecular formula is C14H19NO3. The first-order valence-electron chi connectivity index (χ1n) is 6.31. The van der Waals surface area contributed by atoms with E-state index in [0.29, 0.717) is 12.5 Å². The fraction of sp³-hybridized carbons (Fsp3) is 0.500. The molecule has 0 spiro atoms. The molecule has 1 aromatic rings. The molecule has 1 aliphatic rings. The Kier molecular flexibility index (Phi) is 4.07. The SMILES string of the molecule is CCOc1cccc(NC(C(=O)OC)C2CC2)c1. The van der Waals surface area contributed by atoms with Crippen LogP contribution in [0.2, 0.25) is 0 Å². The third kappa shape index (κ3) is 3.15. The fourth-order valence-corrected chi connectivity index (χ4v) is 1.95. The van der Waals surface area contributed by atoms with Crippen molar-refractivity contribution in [1.82, 2.24) is 0 Å². The molecule has 0 amide bonds. The van der Waals surface area contributed by atoms with Crippen LogP contribution in [0.3, 0.4) is 0 Å². The largest absolute Gasteiger partial charge is 0.494 e. The van der Waals surface area contributed by atoms with Gasteiger partial charge in [0.2, 0.25) is 0 Å². The Morgan fingerprint density at radius 2 is 2.28 bits per heavy atom. The molecule has 98 valence electrons. The monoisotopic (exact) mass is 249 g/mol. The highest BCUT2D eigenvalue weighted by atomic mass is 16.5. The molecular weight excluding hydrogens is 230 g/mol. The van der Waals surface area contributed by atoms with Crippen LogP contribution in [0.25, 0.3) is 0 Å². The smallest absolute Gasteiger partial charge is 0.328 e. The molecule has 1 fully saturated rings. The second-order valence-corrected chi connectivity index (χ2v) is 4.44. The summed E-state index contributed by atoms with van der Waals surface area (Å²) in [5.74, 6) is 1.01. The number of carbonyl (C=O) groups is 1. The molecule has 0 aromatic heterocycles. The van der Waals surface area contributed by atoms with E-state index in [0.717, 1.165) is 24.3 Å². The Balaban J connectivity index is 2.06. The van der Waals surface area contributed by atoms with Gasteiger partial charge in [-0.1, -0.05) is 6.07 Å². The highest BCUT2D eigenvalue weighted by Crippen LogP contribution is 2.35. The number of esters is 1. The van der Waals surface area contributed by atoms with E-state index < -0.39 is 0 Å². The van der Waals surface area contributed by atoms with Crippen LogP contribution in [0.15, 0.2) is 24.3 Å². The zero-order valence-corrected chi connectivity index (χ0v) is 10.8. The second kappa shape index (κ2) is 5.76. The Morgan fingerprint density at radius 3 is 2.89 bits per heavy atom. The summed E-state index contributed by atoms with van der Waals surface area (Å²) in [6, 6.07) is 7.41. The lowest BCUT2D eigenvalue weighted by Gasteiger charge is -2.17. The molecule has 18 heavy (non-hydrogen) atoms. The van der Waals surface area contributed by atoms with Crippen LogP contribution in [0.5, 0.6) is 5.75 Å². The van der Waals surface area contributed by atoms with Crippen LogP contribution >= 0.6 is 0 Å². The summed E-state index contributed by atoms with van der Waals surface area (Å²) in [6.45, 7) is 2.58. The zero-order valence-electron chi connectivity index (χ0n) is 10.8. The van der Waals surface area contributed by atoms with Crippen molar-refractivity contribution in [3.63, 3.8) is 0 Å². The maximum atomic E-state index is 11.7. The molecule has 0 radical (unpaired) electrons. The topological polar surface area (TPSA) is 47.6 Å². The highest BCUT2D eigenvalue weighted by molar-refractivity contribution is 5.80. The van der Waals surface area contributed by atoms with E-state index in [1.54, 1.807) is 0 Å². The first-order chi connectivity index (χ1) is 8.74. The van der Waals surface area contributed by atoms with Gasteiger partial charge >= 0.3 is 5.97 Å². The van der Waals surface area contributed by atoms with Crippen LogP contribution in [0.1, 0.15) is 19.8 Å². The first-order valence-corrected chi connectivity index (χ1v) is 6.31. The van der Waals surface area contributed by atoms with E-state index >= 15 is 0 Å². The molecule has 1 atom stereocenters. The molecule has 0 aliphatic heterocycles. The van der Waals surface area contributed by atoms with E-state index in [2.05, 4.69) is 5.32 Å². The predicted molar refractivity (Wildman–Crippen MR) is 69.8 cm³/mol. The van der Waals surface area contributed by atoms with Crippen LogP contribution in [-0.4, -0.2) is 25.7 Å². The number of hydrogen-bond donors (Lipinski definition) is 1. The van der Waals surface area contributed by atoms with E-state index in [1.165, 1.54) is 7.11 Å². The molecule has 1 N–H and O–H groups in total. The molecule has 1 unspecified atom stereocenters. The number of benzene rings is 1. The molecule has 0 bridgehead atoms. The lowest BCUT2D eigenvalue weighted by Crippen LogP contribution is -2.32. The number of rotatable bonds is 6. The van der Waals surface area contributed by atoms with Crippen molar-refractivity contribution in [3.05, 3.63) is 24.3 Å². The van der Waals surface area contributed by atoms with Gasteiger partial charge in [-0.05, 0) is 37.8 Å². The quantitative estimate of drug-likeness (QED) is 0.787. The third-order valence-corrected chi connectivity index (χ3v) is 3.02. The van der Waals surface area contributed by atoms with Gasteiger partial charge in [0.1, 0.15) is 11.8 Å². The molecule has 4 nitrogen and oxygen atoms in total. The second-order valence-electron chi connectivity index (χ2n) is 4.44. The summed E-state index contributed by atoms with van der Waals surface area (Å²) < 4.78 is 10.3. The number of hydrogen-bond acceptors (Lipinski definition) is 4. The average molecular weight is 249 g/mol. The Morgan fingerprint density at radius 1 is 1.50 bits per heavy atom. The molecule has 2 rings (SSSR count). The van der Waals surface area contributed by atoms with Gasteiger partial charge in [0, 0.05) is 11.8 Å². The number of methoxy groups -OCH3 is 1. The number of ether oxygens (including phenoxy) is 2. The van der Waals surface area contributed by atoms with Gasteiger partial charge in [-0.25, -0.2) is 4.79 Å². The van der Waals surface area contributed by atoms with E-state index in [4.69, 9.17) is 9.47 Å². The van der Waals surface area contributed by atoms with Gasteiger partial charge in [-0.15, -0.1) is 0 Å². The summed E-state index contributed by atoms with van der Waals surface area (Å²) in [5.41, 5.74) is 0.892.